The molecule has 1 aromatic carbocycles. The molecule has 3 aliphatic heterocycles. The number of carbonyl (C=O) groups is 2. The lowest BCUT2D eigenvalue weighted by Gasteiger charge is -2.43. The monoisotopic (exact) mass is 328 g/mol. The molecule has 0 unspecified atom stereocenters. The molecule has 0 aliphatic carbocycles. The lowest BCUT2D eigenvalue weighted by Crippen LogP contribution is -2.55. The zero-order chi connectivity index (χ0) is 16.6. The number of nitrogens with zero attached hydrogens (tertiary/aromatic N) is 1. The molecule has 1 aromatic rings. The maximum absolute atomic E-state index is 12.6. The van der Waals surface area contributed by atoms with Gasteiger partial charge in [-0.25, -0.2) is 0 Å². The highest BCUT2D eigenvalue weighted by atomic mass is 16.5. The van der Waals surface area contributed by atoms with E-state index in [0.717, 1.165) is 32.4 Å². The first-order chi connectivity index (χ1) is 11.7. The van der Waals surface area contributed by atoms with E-state index in [9.17, 15) is 9.59 Å². The van der Waals surface area contributed by atoms with Crippen molar-refractivity contribution in [3.05, 3.63) is 35.9 Å². The first kappa shape index (κ1) is 15.6. The third-order valence-corrected chi connectivity index (χ3v) is 5.89. The number of amides is 2. The van der Waals surface area contributed by atoms with E-state index in [2.05, 4.69) is 17.4 Å². The van der Waals surface area contributed by atoms with E-state index in [1.165, 1.54) is 5.56 Å². The summed E-state index contributed by atoms with van der Waals surface area (Å²) in [5.74, 6) is 0.594. The summed E-state index contributed by atoms with van der Waals surface area (Å²) in [7, 11) is 0. The Balaban J connectivity index is 1.48. The molecule has 3 fully saturated rings. The van der Waals surface area contributed by atoms with Crippen LogP contribution in [0, 0.1) is 5.92 Å². The summed E-state index contributed by atoms with van der Waals surface area (Å²) >= 11 is 0. The van der Waals surface area contributed by atoms with Crippen LogP contribution >= 0.6 is 0 Å². The van der Waals surface area contributed by atoms with Crippen LogP contribution in [0.25, 0.3) is 0 Å². The Kier molecular flexibility index (Phi) is 4.04. The Morgan fingerprint density at radius 3 is 2.62 bits per heavy atom. The molecule has 3 aliphatic rings. The van der Waals surface area contributed by atoms with Gasteiger partial charge in [0.15, 0.2) is 0 Å². The van der Waals surface area contributed by atoms with Crippen LogP contribution < -0.4 is 5.32 Å². The van der Waals surface area contributed by atoms with Crippen molar-refractivity contribution < 1.29 is 14.3 Å². The van der Waals surface area contributed by atoms with E-state index in [1.54, 1.807) is 0 Å². The average molecular weight is 328 g/mol. The van der Waals surface area contributed by atoms with Gasteiger partial charge in [0.1, 0.15) is 0 Å². The number of carbonyl (C=O) groups excluding carboxylic acids is 2. The zero-order valence-corrected chi connectivity index (χ0v) is 13.9. The summed E-state index contributed by atoms with van der Waals surface area (Å²) in [5, 5.41) is 3.25. The van der Waals surface area contributed by atoms with Gasteiger partial charge in [-0.05, 0) is 24.8 Å². The topological polar surface area (TPSA) is 58.6 Å². The minimum absolute atomic E-state index is 0.0298. The van der Waals surface area contributed by atoms with Crippen molar-refractivity contribution in [2.24, 2.45) is 5.92 Å². The van der Waals surface area contributed by atoms with Crippen LogP contribution in [0.2, 0.25) is 0 Å². The Bertz CT molecular complexity index is 617. The molecule has 1 N–H and O–H groups in total. The maximum atomic E-state index is 12.6. The van der Waals surface area contributed by atoms with Crippen LogP contribution in [-0.2, 0) is 14.3 Å². The van der Waals surface area contributed by atoms with Gasteiger partial charge in [-0.1, -0.05) is 30.3 Å². The van der Waals surface area contributed by atoms with Crippen LogP contribution in [0.5, 0.6) is 0 Å². The molecule has 2 amide bonds. The summed E-state index contributed by atoms with van der Waals surface area (Å²) in [5.41, 5.74) is 1.03. The number of rotatable bonds is 2. The van der Waals surface area contributed by atoms with E-state index >= 15 is 0 Å². The van der Waals surface area contributed by atoms with Gasteiger partial charge in [-0.15, -0.1) is 0 Å². The van der Waals surface area contributed by atoms with Crippen molar-refractivity contribution in [1.82, 2.24) is 10.2 Å². The lowest BCUT2D eigenvalue weighted by atomic mass is 9.74. The Hall–Kier alpha value is -1.88. The molecule has 3 heterocycles. The average Bonchev–Trinajstić information content (AvgIpc) is 3.24. The van der Waals surface area contributed by atoms with Crippen LogP contribution in [0.4, 0.5) is 0 Å². The normalized spacial score (nSPS) is 29.0. The molecular formula is C19H24N2O3. The maximum Gasteiger partial charge on any atom is 0.228 e. The van der Waals surface area contributed by atoms with Crippen LogP contribution in [0.1, 0.15) is 37.2 Å². The van der Waals surface area contributed by atoms with Crippen molar-refractivity contribution in [1.29, 1.82) is 0 Å². The minimum atomic E-state index is -0.193. The molecule has 0 aromatic heterocycles. The predicted molar refractivity (Wildman–Crippen MR) is 89.4 cm³/mol. The number of likely N-dealkylation sites (tertiary alicyclic amines) is 1. The summed E-state index contributed by atoms with van der Waals surface area (Å²) in [6.45, 7) is 2.70. The third-order valence-electron chi connectivity index (χ3n) is 5.89. The second-order valence-corrected chi connectivity index (χ2v) is 7.26. The number of ether oxygens (including phenoxy) is 1. The molecule has 1 spiro atoms. The fraction of sp³-hybridized carbons (Fsp3) is 0.579. The number of piperidine rings is 1. The van der Waals surface area contributed by atoms with E-state index in [-0.39, 0.29) is 29.2 Å². The van der Waals surface area contributed by atoms with Gasteiger partial charge in [0.25, 0.3) is 0 Å². The molecule has 0 bridgehead atoms. The molecule has 5 nitrogen and oxygen atoms in total. The highest BCUT2D eigenvalue weighted by Crippen LogP contribution is 2.43. The van der Waals surface area contributed by atoms with Crippen molar-refractivity contribution in [3.8, 4) is 0 Å². The molecular weight excluding hydrogens is 304 g/mol. The standard InChI is InChI=1S/C19H24N2O3/c22-17-12-16(14-4-2-1-3-5-14)19(20-17)7-9-21(10-8-19)18(23)15-6-11-24-13-15/h1-5,15-16H,6-13H2,(H,20,22)/t15-,16+/m1/s1. The lowest BCUT2D eigenvalue weighted by molar-refractivity contribution is -0.137. The number of nitrogens with one attached hydrogen (secondary N) is 1. The van der Waals surface area contributed by atoms with Crippen molar-refractivity contribution >= 4 is 11.8 Å². The molecule has 5 heteroatoms. The summed E-state index contributed by atoms with van der Waals surface area (Å²) < 4.78 is 5.35. The van der Waals surface area contributed by atoms with Gasteiger partial charge in [0.2, 0.25) is 11.8 Å². The van der Waals surface area contributed by atoms with Gasteiger partial charge >= 0.3 is 0 Å². The van der Waals surface area contributed by atoms with Gasteiger partial charge in [0, 0.05) is 32.0 Å². The highest BCUT2D eigenvalue weighted by Gasteiger charge is 2.49. The quantitative estimate of drug-likeness (QED) is 0.899. The molecule has 0 radical (unpaired) electrons. The van der Waals surface area contributed by atoms with Crippen molar-refractivity contribution in [2.45, 2.75) is 37.1 Å². The van der Waals surface area contributed by atoms with Crippen molar-refractivity contribution in [3.63, 3.8) is 0 Å². The molecule has 24 heavy (non-hydrogen) atoms. The van der Waals surface area contributed by atoms with Gasteiger partial charge < -0.3 is 15.0 Å². The summed E-state index contributed by atoms with van der Waals surface area (Å²) in [4.78, 5) is 26.7. The van der Waals surface area contributed by atoms with Gasteiger partial charge in [0.05, 0.1) is 18.1 Å². The molecule has 128 valence electrons. The van der Waals surface area contributed by atoms with Crippen LogP contribution in [0.3, 0.4) is 0 Å². The van der Waals surface area contributed by atoms with Gasteiger partial charge in [-0.2, -0.15) is 0 Å². The van der Waals surface area contributed by atoms with E-state index in [4.69, 9.17) is 4.74 Å². The minimum Gasteiger partial charge on any atom is -0.381 e. The predicted octanol–water partition coefficient (Wildman–Crippen LogP) is 1.69. The third kappa shape index (κ3) is 2.71. The molecule has 0 saturated carbocycles. The largest absolute Gasteiger partial charge is 0.381 e. The first-order valence-corrected chi connectivity index (χ1v) is 8.90. The summed E-state index contributed by atoms with van der Waals surface area (Å²) in [6, 6.07) is 10.3. The van der Waals surface area contributed by atoms with E-state index in [1.807, 2.05) is 23.1 Å². The number of hydrogen-bond donors (Lipinski definition) is 1. The number of benzene rings is 1. The van der Waals surface area contributed by atoms with E-state index < -0.39 is 0 Å². The smallest absolute Gasteiger partial charge is 0.228 e. The Morgan fingerprint density at radius 1 is 1.21 bits per heavy atom. The zero-order valence-electron chi connectivity index (χ0n) is 13.9. The van der Waals surface area contributed by atoms with Gasteiger partial charge in [-0.3, -0.25) is 9.59 Å². The molecule has 3 saturated heterocycles. The van der Waals surface area contributed by atoms with Crippen LogP contribution in [-0.4, -0.2) is 48.6 Å². The highest BCUT2D eigenvalue weighted by molar-refractivity contribution is 5.82. The fourth-order valence-electron chi connectivity index (χ4n) is 4.51. The molecule has 4 rings (SSSR count). The second kappa shape index (κ2) is 6.20. The Morgan fingerprint density at radius 2 is 1.96 bits per heavy atom. The Labute approximate surface area is 142 Å². The second-order valence-electron chi connectivity index (χ2n) is 7.26. The SMILES string of the molecule is O=C1C[C@@H](c2ccccc2)C2(CCN(C(=O)[C@@H]3CCOC3)CC2)N1. The summed E-state index contributed by atoms with van der Waals surface area (Å²) in [6.07, 6.45) is 3.05. The fourth-order valence-corrected chi connectivity index (χ4v) is 4.51. The van der Waals surface area contributed by atoms with Crippen LogP contribution in [0.15, 0.2) is 30.3 Å². The van der Waals surface area contributed by atoms with E-state index in [0.29, 0.717) is 19.6 Å². The molecule has 2 atom stereocenters. The number of hydrogen-bond acceptors (Lipinski definition) is 3. The first-order valence-electron chi connectivity index (χ1n) is 8.90. The van der Waals surface area contributed by atoms with Crippen molar-refractivity contribution in [2.75, 3.05) is 26.3 Å².